The first-order chi connectivity index (χ1) is 19.0. The lowest BCUT2D eigenvalue weighted by Crippen LogP contribution is -2.26. The maximum Gasteiger partial charge on any atom is 0.418 e. The zero-order valence-electron chi connectivity index (χ0n) is 20.9. The number of thioether (sulfide) groups is 1. The molecule has 0 heterocycles. The molecule has 4 aromatic rings. The second-order valence-electron chi connectivity index (χ2n) is 8.69. The zero-order valence-corrected chi connectivity index (χ0v) is 22.5. The third-order valence-electron chi connectivity index (χ3n) is 5.96. The van der Waals surface area contributed by atoms with Gasteiger partial charge < -0.3 is 15.7 Å². The van der Waals surface area contributed by atoms with E-state index in [1.54, 1.807) is 55.5 Å². The standard InChI is InChI=1S/C29H22ClF3N2O4S/c1-2-24(27(37)35-23-13-12-17(30)14-22(23)29(31,32)33)40-19-9-5-8-18(15-19)34-26(36)20-10-3-6-16-7-4-11-21(25(16)20)28(38)39/h3-15,24H,2H2,1H3,(H,34,36)(H,35,37)(H,38,39). The van der Waals surface area contributed by atoms with Crippen molar-refractivity contribution in [3.63, 3.8) is 0 Å². The predicted molar refractivity (Wildman–Crippen MR) is 150 cm³/mol. The van der Waals surface area contributed by atoms with Crippen molar-refractivity contribution in [2.45, 2.75) is 29.7 Å². The molecule has 0 spiro atoms. The van der Waals surface area contributed by atoms with E-state index in [-0.39, 0.29) is 16.1 Å². The van der Waals surface area contributed by atoms with E-state index in [1.165, 1.54) is 18.2 Å². The van der Waals surface area contributed by atoms with Gasteiger partial charge in [0.1, 0.15) is 0 Å². The summed E-state index contributed by atoms with van der Waals surface area (Å²) < 4.78 is 40.3. The van der Waals surface area contributed by atoms with E-state index in [0.29, 0.717) is 27.8 Å². The van der Waals surface area contributed by atoms with Crippen molar-refractivity contribution in [3.05, 3.63) is 101 Å². The first-order valence-electron chi connectivity index (χ1n) is 12.0. The summed E-state index contributed by atoms with van der Waals surface area (Å²) in [5.74, 6) is -2.30. The lowest BCUT2D eigenvalue weighted by molar-refractivity contribution is -0.137. The molecule has 40 heavy (non-hydrogen) atoms. The van der Waals surface area contributed by atoms with Gasteiger partial charge in [0, 0.05) is 26.6 Å². The van der Waals surface area contributed by atoms with Crippen molar-refractivity contribution in [2.24, 2.45) is 0 Å². The highest BCUT2D eigenvalue weighted by Gasteiger charge is 2.34. The summed E-state index contributed by atoms with van der Waals surface area (Å²) in [6.07, 6.45) is -4.39. The van der Waals surface area contributed by atoms with E-state index in [4.69, 9.17) is 11.6 Å². The quantitative estimate of drug-likeness (QED) is 0.182. The normalized spacial score (nSPS) is 12.1. The summed E-state index contributed by atoms with van der Waals surface area (Å²) in [5.41, 5.74) is -0.858. The van der Waals surface area contributed by atoms with Crippen molar-refractivity contribution in [1.29, 1.82) is 0 Å². The molecule has 0 aliphatic carbocycles. The molecule has 0 aliphatic heterocycles. The maximum atomic E-state index is 13.4. The summed E-state index contributed by atoms with van der Waals surface area (Å²) in [5, 5.41) is 14.8. The number of carbonyl (C=O) groups is 3. The average molecular weight is 587 g/mol. The summed E-state index contributed by atoms with van der Waals surface area (Å²) in [4.78, 5) is 38.4. The minimum Gasteiger partial charge on any atom is -0.478 e. The first kappa shape index (κ1) is 29.0. The third kappa shape index (κ3) is 6.57. The molecule has 0 saturated carbocycles. The number of carboxylic acid groups (broad SMARTS) is 1. The highest BCUT2D eigenvalue weighted by molar-refractivity contribution is 8.00. The van der Waals surface area contributed by atoms with Gasteiger partial charge in [-0.1, -0.05) is 48.9 Å². The van der Waals surface area contributed by atoms with Crippen molar-refractivity contribution < 1.29 is 32.7 Å². The van der Waals surface area contributed by atoms with Crippen molar-refractivity contribution in [3.8, 4) is 0 Å². The lowest BCUT2D eigenvalue weighted by atomic mass is 9.98. The number of amides is 2. The number of carboxylic acids is 1. The Bertz CT molecular complexity index is 1610. The minimum absolute atomic E-state index is 0.00118. The molecular formula is C29H22ClF3N2O4S. The van der Waals surface area contributed by atoms with E-state index < -0.39 is 40.5 Å². The van der Waals surface area contributed by atoms with E-state index >= 15 is 0 Å². The number of anilines is 2. The molecule has 4 aromatic carbocycles. The number of nitrogens with one attached hydrogen (secondary N) is 2. The molecule has 206 valence electrons. The van der Waals surface area contributed by atoms with Crippen LogP contribution in [0.25, 0.3) is 10.8 Å². The Balaban J connectivity index is 1.53. The fourth-order valence-electron chi connectivity index (χ4n) is 4.11. The van der Waals surface area contributed by atoms with Crippen LogP contribution in [0, 0.1) is 0 Å². The van der Waals surface area contributed by atoms with Gasteiger partial charge in [-0.15, -0.1) is 11.8 Å². The van der Waals surface area contributed by atoms with E-state index in [9.17, 15) is 32.7 Å². The van der Waals surface area contributed by atoms with Gasteiger partial charge in [0.05, 0.1) is 22.1 Å². The van der Waals surface area contributed by atoms with Crippen LogP contribution in [0.15, 0.2) is 83.8 Å². The molecule has 2 amide bonds. The summed E-state index contributed by atoms with van der Waals surface area (Å²) in [6, 6.07) is 19.4. The highest BCUT2D eigenvalue weighted by atomic mass is 35.5. The maximum absolute atomic E-state index is 13.4. The van der Waals surface area contributed by atoms with Crippen LogP contribution < -0.4 is 10.6 Å². The summed E-state index contributed by atoms with van der Waals surface area (Å²) in [6.45, 7) is 1.73. The molecule has 0 saturated heterocycles. The molecule has 3 N–H and O–H groups in total. The number of fused-ring (bicyclic) bond motifs is 1. The van der Waals surface area contributed by atoms with Crippen LogP contribution in [0.2, 0.25) is 5.02 Å². The van der Waals surface area contributed by atoms with Gasteiger partial charge in [-0.05, 0) is 60.3 Å². The topological polar surface area (TPSA) is 95.5 Å². The molecule has 1 unspecified atom stereocenters. The molecule has 11 heteroatoms. The number of halogens is 4. The molecular weight excluding hydrogens is 565 g/mol. The number of hydrogen-bond donors (Lipinski definition) is 3. The zero-order chi connectivity index (χ0) is 29.0. The Morgan fingerprint density at radius 3 is 2.25 bits per heavy atom. The molecule has 0 aliphatic rings. The number of alkyl halides is 3. The van der Waals surface area contributed by atoms with Gasteiger partial charge >= 0.3 is 12.1 Å². The fourth-order valence-corrected chi connectivity index (χ4v) is 5.30. The molecule has 0 bridgehead atoms. The van der Waals surface area contributed by atoms with Gasteiger partial charge in [-0.2, -0.15) is 13.2 Å². The average Bonchev–Trinajstić information content (AvgIpc) is 2.91. The fraction of sp³-hybridized carbons (Fsp3) is 0.138. The first-order valence-corrected chi connectivity index (χ1v) is 13.2. The molecule has 0 aromatic heterocycles. The summed E-state index contributed by atoms with van der Waals surface area (Å²) in [7, 11) is 0. The molecule has 0 radical (unpaired) electrons. The van der Waals surface area contributed by atoms with Crippen LogP contribution in [0.4, 0.5) is 24.5 Å². The predicted octanol–water partition coefficient (Wildman–Crippen LogP) is 7.97. The Morgan fingerprint density at radius 2 is 1.60 bits per heavy atom. The Morgan fingerprint density at radius 1 is 0.925 bits per heavy atom. The van der Waals surface area contributed by atoms with Crippen LogP contribution in [0.3, 0.4) is 0 Å². The number of benzene rings is 4. The number of carbonyl (C=O) groups excluding carboxylic acids is 2. The van der Waals surface area contributed by atoms with Gasteiger partial charge in [0.25, 0.3) is 5.91 Å². The van der Waals surface area contributed by atoms with Crippen LogP contribution in [0.1, 0.15) is 39.6 Å². The SMILES string of the molecule is CCC(Sc1cccc(NC(=O)c2cccc3cccc(C(=O)O)c23)c1)C(=O)Nc1ccc(Cl)cc1C(F)(F)F. The number of rotatable bonds is 8. The van der Waals surface area contributed by atoms with Crippen LogP contribution in [-0.4, -0.2) is 28.1 Å². The number of hydrogen-bond acceptors (Lipinski definition) is 4. The smallest absolute Gasteiger partial charge is 0.418 e. The van der Waals surface area contributed by atoms with E-state index in [1.807, 2.05) is 0 Å². The van der Waals surface area contributed by atoms with Gasteiger partial charge in [-0.25, -0.2) is 4.79 Å². The Hall–Kier alpha value is -4.02. The monoisotopic (exact) mass is 586 g/mol. The molecule has 6 nitrogen and oxygen atoms in total. The molecule has 1 atom stereocenters. The Kier molecular flexibility index (Phi) is 8.70. The molecule has 4 rings (SSSR count). The highest BCUT2D eigenvalue weighted by Crippen LogP contribution is 2.37. The second-order valence-corrected chi connectivity index (χ2v) is 10.4. The molecule has 0 fully saturated rings. The van der Waals surface area contributed by atoms with Crippen LogP contribution in [0.5, 0.6) is 0 Å². The van der Waals surface area contributed by atoms with Crippen molar-refractivity contribution in [2.75, 3.05) is 10.6 Å². The van der Waals surface area contributed by atoms with Gasteiger partial charge in [0.2, 0.25) is 5.91 Å². The minimum atomic E-state index is -4.70. The van der Waals surface area contributed by atoms with Crippen molar-refractivity contribution in [1.82, 2.24) is 0 Å². The Labute approximate surface area is 236 Å². The van der Waals surface area contributed by atoms with E-state index in [0.717, 1.165) is 23.9 Å². The van der Waals surface area contributed by atoms with Gasteiger partial charge in [-0.3, -0.25) is 9.59 Å². The van der Waals surface area contributed by atoms with Gasteiger partial charge in [0.15, 0.2) is 0 Å². The second kappa shape index (κ2) is 12.0. The lowest BCUT2D eigenvalue weighted by Gasteiger charge is -2.18. The van der Waals surface area contributed by atoms with Crippen LogP contribution in [-0.2, 0) is 11.0 Å². The van der Waals surface area contributed by atoms with Crippen LogP contribution >= 0.6 is 23.4 Å². The largest absolute Gasteiger partial charge is 0.478 e. The summed E-state index contributed by atoms with van der Waals surface area (Å²) >= 11 is 6.85. The van der Waals surface area contributed by atoms with E-state index in [2.05, 4.69) is 10.6 Å². The third-order valence-corrected chi connectivity index (χ3v) is 7.55. The number of aromatic carboxylic acids is 1. The van der Waals surface area contributed by atoms with Crippen molar-refractivity contribution >= 4 is 63.3 Å².